The lowest BCUT2D eigenvalue weighted by molar-refractivity contribution is 0.402. The van der Waals surface area contributed by atoms with Gasteiger partial charge in [0.2, 0.25) is 0 Å². The fourth-order valence-corrected chi connectivity index (χ4v) is 4.87. The highest BCUT2D eigenvalue weighted by molar-refractivity contribution is 7.80. The maximum Gasteiger partial charge on any atom is 0.174 e. The molecule has 0 amide bonds. The van der Waals surface area contributed by atoms with Crippen molar-refractivity contribution < 1.29 is 9.47 Å². The summed E-state index contributed by atoms with van der Waals surface area (Å²) in [6.45, 7) is 2.09. The number of nitrogens with one attached hydrogen (secondary N) is 1. The van der Waals surface area contributed by atoms with E-state index in [-0.39, 0.29) is 12.1 Å². The molecule has 1 aromatic carbocycles. The Morgan fingerprint density at radius 3 is 2.56 bits per heavy atom. The highest BCUT2D eigenvalue weighted by atomic mass is 32.1. The minimum absolute atomic E-state index is 0.186. The van der Waals surface area contributed by atoms with Crippen LogP contribution >= 0.6 is 12.2 Å². The van der Waals surface area contributed by atoms with Gasteiger partial charge in [0.1, 0.15) is 17.5 Å². The van der Waals surface area contributed by atoms with E-state index in [0.717, 1.165) is 34.2 Å². The number of ether oxygens (including phenoxy) is 2. The van der Waals surface area contributed by atoms with Crippen LogP contribution in [0.2, 0.25) is 0 Å². The average Bonchev–Trinajstić information content (AvgIpc) is 3.43. The monoisotopic (exact) mass is 471 g/mol. The molecule has 0 aliphatic carbocycles. The van der Waals surface area contributed by atoms with E-state index in [9.17, 15) is 0 Å². The van der Waals surface area contributed by atoms with Gasteiger partial charge in [-0.05, 0) is 67.7 Å². The molecule has 1 N–H and O–H groups in total. The lowest BCUT2D eigenvalue weighted by Crippen LogP contribution is -2.30. The molecule has 0 spiro atoms. The number of rotatable bonds is 6. The van der Waals surface area contributed by atoms with Crippen molar-refractivity contribution >= 4 is 23.0 Å². The molecule has 1 aliphatic rings. The van der Waals surface area contributed by atoms with Crippen LogP contribution < -0.4 is 19.7 Å². The van der Waals surface area contributed by atoms with E-state index in [4.69, 9.17) is 21.7 Å². The minimum Gasteiger partial charge on any atom is -0.497 e. The summed E-state index contributed by atoms with van der Waals surface area (Å²) in [6.07, 6.45) is 5.44. The molecule has 1 fully saturated rings. The fourth-order valence-electron chi connectivity index (χ4n) is 4.53. The van der Waals surface area contributed by atoms with Gasteiger partial charge in [0.15, 0.2) is 5.11 Å². The summed E-state index contributed by atoms with van der Waals surface area (Å²) in [4.78, 5) is 11.1. The molecular weight excluding hydrogens is 446 g/mol. The third-order valence-corrected chi connectivity index (χ3v) is 6.37. The third kappa shape index (κ3) is 3.76. The number of anilines is 1. The summed E-state index contributed by atoms with van der Waals surface area (Å²) in [5.41, 5.74) is 4.85. The van der Waals surface area contributed by atoms with Crippen LogP contribution in [0.1, 0.15) is 29.2 Å². The van der Waals surface area contributed by atoms with Gasteiger partial charge in [-0.15, -0.1) is 0 Å². The molecule has 4 aromatic rings. The Morgan fingerprint density at radius 1 is 0.971 bits per heavy atom. The zero-order chi connectivity index (χ0) is 23.7. The number of nitrogens with zero attached hydrogens (tertiary/aromatic N) is 4. The maximum atomic E-state index is 5.90. The van der Waals surface area contributed by atoms with Crippen LogP contribution in [0, 0.1) is 6.92 Å². The van der Waals surface area contributed by atoms with Crippen LogP contribution in [0.5, 0.6) is 11.5 Å². The first-order valence-electron chi connectivity index (χ1n) is 10.9. The highest BCUT2D eigenvalue weighted by Crippen LogP contribution is 2.46. The Bertz CT molecular complexity index is 1310. The van der Waals surface area contributed by atoms with Gasteiger partial charge < -0.3 is 24.3 Å². The largest absolute Gasteiger partial charge is 0.497 e. The smallest absolute Gasteiger partial charge is 0.174 e. The molecule has 2 atom stereocenters. The number of methoxy groups -OCH3 is 2. The summed E-state index contributed by atoms with van der Waals surface area (Å²) < 4.78 is 13.5. The van der Waals surface area contributed by atoms with Crippen LogP contribution in [0.3, 0.4) is 0 Å². The van der Waals surface area contributed by atoms with E-state index < -0.39 is 0 Å². The molecule has 0 bridgehead atoms. The van der Waals surface area contributed by atoms with Crippen LogP contribution in [-0.4, -0.2) is 33.9 Å². The van der Waals surface area contributed by atoms with Crippen LogP contribution in [0.4, 0.5) is 5.69 Å². The lowest BCUT2D eigenvalue weighted by Gasteiger charge is -2.30. The van der Waals surface area contributed by atoms with Crippen molar-refractivity contribution in [3.05, 3.63) is 96.3 Å². The summed E-state index contributed by atoms with van der Waals surface area (Å²) in [6, 6.07) is 19.5. The zero-order valence-corrected chi connectivity index (χ0v) is 20.0. The van der Waals surface area contributed by atoms with Crippen molar-refractivity contribution in [2.45, 2.75) is 19.0 Å². The molecule has 8 heteroatoms. The lowest BCUT2D eigenvalue weighted by atomic mass is 10.0. The summed E-state index contributed by atoms with van der Waals surface area (Å²) >= 11 is 5.90. The van der Waals surface area contributed by atoms with Crippen molar-refractivity contribution in [1.29, 1.82) is 0 Å². The third-order valence-electron chi connectivity index (χ3n) is 6.06. The second-order valence-electron chi connectivity index (χ2n) is 7.98. The summed E-state index contributed by atoms with van der Waals surface area (Å²) in [5, 5.41) is 4.10. The molecule has 7 nitrogen and oxygen atoms in total. The van der Waals surface area contributed by atoms with Gasteiger partial charge in [0.25, 0.3) is 0 Å². The summed E-state index contributed by atoms with van der Waals surface area (Å²) in [7, 11) is 3.31. The first-order chi connectivity index (χ1) is 16.6. The van der Waals surface area contributed by atoms with Crippen LogP contribution in [0.15, 0.2) is 79.3 Å². The Balaban J connectivity index is 1.73. The van der Waals surface area contributed by atoms with Gasteiger partial charge in [-0.25, -0.2) is 0 Å². The molecule has 34 heavy (non-hydrogen) atoms. The summed E-state index contributed by atoms with van der Waals surface area (Å²) in [5.74, 6) is 1.42. The van der Waals surface area contributed by atoms with Gasteiger partial charge in [0.05, 0.1) is 43.5 Å². The predicted molar refractivity (Wildman–Crippen MR) is 136 cm³/mol. The fraction of sp³-hybridized carbons (Fsp3) is 0.192. The first kappa shape index (κ1) is 21.9. The van der Waals surface area contributed by atoms with Crippen LogP contribution in [0.25, 0.3) is 5.69 Å². The number of hydrogen-bond acceptors (Lipinski definition) is 5. The Kier molecular flexibility index (Phi) is 5.90. The SMILES string of the molecule is COc1ccc(OC)c(N2C(=S)N[C@@H](c3ccccn3)[C@H]2c2ccc(C)n2-c2cccnc2)c1. The molecule has 0 radical (unpaired) electrons. The van der Waals surface area contributed by atoms with Gasteiger partial charge in [-0.1, -0.05) is 6.07 Å². The first-order valence-corrected chi connectivity index (χ1v) is 11.3. The molecule has 4 heterocycles. The predicted octanol–water partition coefficient (Wildman–Crippen LogP) is 4.77. The number of aromatic nitrogens is 3. The molecule has 172 valence electrons. The van der Waals surface area contributed by atoms with E-state index in [0.29, 0.717) is 10.9 Å². The molecular formula is C26H25N5O2S. The molecule has 5 rings (SSSR count). The van der Waals surface area contributed by atoms with Crippen molar-refractivity contribution in [2.75, 3.05) is 19.1 Å². The highest BCUT2D eigenvalue weighted by Gasteiger charge is 2.43. The van der Waals surface area contributed by atoms with E-state index in [2.05, 4.69) is 49.9 Å². The normalized spacial score (nSPS) is 17.5. The van der Waals surface area contributed by atoms with Crippen molar-refractivity contribution in [3.8, 4) is 17.2 Å². The standard InChI is InChI=1S/C26H25N5O2S/c1-17-9-11-21(30(17)18-7-6-13-27-16-18)25-24(20-8-4-5-14-28-20)29-26(34)31(25)22-15-19(32-2)10-12-23(22)33-3/h4-16,24-25H,1-3H3,(H,29,34)/t24-,25+/m0/s1. The topological polar surface area (TPSA) is 64.4 Å². The minimum atomic E-state index is -0.211. The Labute approximate surface area is 204 Å². The number of aryl methyl sites for hydroxylation is 1. The zero-order valence-electron chi connectivity index (χ0n) is 19.2. The average molecular weight is 472 g/mol. The molecule has 3 aromatic heterocycles. The van der Waals surface area contributed by atoms with Gasteiger partial charge in [-0.2, -0.15) is 0 Å². The Morgan fingerprint density at radius 2 is 1.85 bits per heavy atom. The van der Waals surface area contributed by atoms with Crippen molar-refractivity contribution in [3.63, 3.8) is 0 Å². The number of benzene rings is 1. The molecule has 0 unspecified atom stereocenters. The maximum absolute atomic E-state index is 5.90. The van der Waals surface area contributed by atoms with E-state index in [1.807, 2.05) is 48.7 Å². The number of pyridine rings is 2. The second kappa shape index (κ2) is 9.15. The van der Waals surface area contributed by atoms with Gasteiger partial charge in [0, 0.05) is 29.8 Å². The van der Waals surface area contributed by atoms with Crippen molar-refractivity contribution in [1.82, 2.24) is 19.9 Å². The van der Waals surface area contributed by atoms with Gasteiger partial charge >= 0.3 is 0 Å². The molecule has 1 aliphatic heterocycles. The number of thiocarbonyl (C=S) groups is 1. The quantitative estimate of drug-likeness (QED) is 0.407. The molecule has 1 saturated heterocycles. The van der Waals surface area contributed by atoms with Crippen molar-refractivity contribution in [2.24, 2.45) is 0 Å². The second-order valence-corrected chi connectivity index (χ2v) is 8.37. The van der Waals surface area contributed by atoms with Crippen LogP contribution in [-0.2, 0) is 0 Å². The van der Waals surface area contributed by atoms with Gasteiger partial charge in [-0.3, -0.25) is 9.97 Å². The van der Waals surface area contributed by atoms with E-state index in [1.54, 1.807) is 26.6 Å². The molecule has 0 saturated carbocycles. The van der Waals surface area contributed by atoms with E-state index in [1.165, 1.54) is 0 Å². The van der Waals surface area contributed by atoms with E-state index >= 15 is 0 Å². The Hall–Kier alpha value is -3.91. The number of hydrogen-bond donors (Lipinski definition) is 1.